The molecule has 0 spiro atoms. The minimum atomic E-state index is -0.734. The Labute approximate surface area is 98.9 Å². The largest absolute Gasteiger partial charge is 0.481 e. The average Bonchev–Trinajstić information content (AvgIpc) is 2.66. The van der Waals surface area contributed by atoms with Gasteiger partial charge in [0.15, 0.2) is 0 Å². The number of hydrogen-bond acceptors (Lipinski definition) is 2. The van der Waals surface area contributed by atoms with Crippen LogP contribution < -0.4 is 0 Å². The number of nitrogens with zero attached hydrogens (tertiary/aromatic N) is 2. The van der Waals surface area contributed by atoms with Gasteiger partial charge in [-0.2, -0.15) is 0 Å². The molecule has 2 heterocycles. The fourth-order valence-electron chi connectivity index (χ4n) is 2.61. The molecule has 0 atom stereocenters. The van der Waals surface area contributed by atoms with Crippen LogP contribution in [0.4, 0.5) is 0 Å². The summed E-state index contributed by atoms with van der Waals surface area (Å²) in [6, 6.07) is 5.83. The van der Waals surface area contributed by atoms with Gasteiger partial charge in [0, 0.05) is 17.8 Å². The second kappa shape index (κ2) is 3.58. The molecule has 1 saturated carbocycles. The number of fused-ring (bicyclic) bond motifs is 1. The zero-order valence-corrected chi connectivity index (χ0v) is 9.47. The van der Waals surface area contributed by atoms with Crippen LogP contribution in [0.15, 0.2) is 30.6 Å². The van der Waals surface area contributed by atoms with Crippen molar-refractivity contribution in [1.82, 2.24) is 9.38 Å². The van der Waals surface area contributed by atoms with Crippen LogP contribution in [0.3, 0.4) is 0 Å². The van der Waals surface area contributed by atoms with Crippen LogP contribution in [-0.2, 0) is 10.2 Å². The molecule has 0 bridgehead atoms. The summed E-state index contributed by atoms with van der Waals surface area (Å²) < 4.78 is 1.96. The van der Waals surface area contributed by atoms with Crippen LogP contribution in [0.5, 0.6) is 0 Å². The normalized spacial score (nSPS) is 17.9. The number of carbonyl (C=O) groups is 1. The van der Waals surface area contributed by atoms with E-state index in [0.29, 0.717) is 0 Å². The number of carboxylic acid groups (broad SMARTS) is 1. The molecule has 17 heavy (non-hydrogen) atoms. The van der Waals surface area contributed by atoms with Crippen LogP contribution in [-0.4, -0.2) is 20.5 Å². The second-order valence-electron chi connectivity index (χ2n) is 4.80. The number of aliphatic carboxylic acids is 1. The van der Waals surface area contributed by atoms with Gasteiger partial charge in [-0.05, 0) is 25.0 Å². The highest BCUT2D eigenvalue weighted by atomic mass is 16.4. The molecule has 2 aromatic heterocycles. The zero-order chi connectivity index (χ0) is 11.9. The van der Waals surface area contributed by atoms with Gasteiger partial charge in [-0.15, -0.1) is 0 Å². The number of rotatable bonds is 3. The molecule has 1 fully saturated rings. The lowest BCUT2D eigenvalue weighted by Crippen LogP contribution is -2.36. The van der Waals surface area contributed by atoms with Gasteiger partial charge in [0.1, 0.15) is 5.65 Å². The Hall–Kier alpha value is -1.84. The maximum atomic E-state index is 11.0. The fourth-order valence-corrected chi connectivity index (χ4v) is 2.61. The van der Waals surface area contributed by atoms with Gasteiger partial charge in [-0.3, -0.25) is 4.79 Å². The topological polar surface area (TPSA) is 54.6 Å². The maximum absolute atomic E-state index is 11.0. The van der Waals surface area contributed by atoms with E-state index in [0.717, 1.165) is 30.6 Å². The molecule has 1 N–H and O–H groups in total. The summed E-state index contributed by atoms with van der Waals surface area (Å²) in [7, 11) is 0. The second-order valence-corrected chi connectivity index (χ2v) is 4.80. The minimum Gasteiger partial charge on any atom is -0.481 e. The van der Waals surface area contributed by atoms with Crippen molar-refractivity contribution >= 4 is 11.6 Å². The first-order chi connectivity index (χ1) is 8.20. The first kappa shape index (κ1) is 10.3. The monoisotopic (exact) mass is 230 g/mol. The molecule has 0 saturated heterocycles. The van der Waals surface area contributed by atoms with Crippen LogP contribution in [0.25, 0.3) is 5.65 Å². The molecule has 0 radical (unpaired) electrons. The van der Waals surface area contributed by atoms with E-state index in [2.05, 4.69) is 4.98 Å². The third kappa shape index (κ3) is 1.60. The highest BCUT2D eigenvalue weighted by molar-refractivity contribution is 5.69. The molecule has 4 nitrogen and oxygen atoms in total. The van der Waals surface area contributed by atoms with Gasteiger partial charge >= 0.3 is 5.97 Å². The average molecular weight is 230 g/mol. The van der Waals surface area contributed by atoms with Crippen LogP contribution in [0.2, 0.25) is 0 Å². The van der Waals surface area contributed by atoms with Gasteiger partial charge < -0.3 is 9.51 Å². The predicted molar refractivity (Wildman–Crippen MR) is 63.0 cm³/mol. The van der Waals surface area contributed by atoms with Crippen LogP contribution in [0, 0.1) is 0 Å². The summed E-state index contributed by atoms with van der Waals surface area (Å²) in [5.74, 6) is -0.734. The lowest BCUT2D eigenvalue weighted by Gasteiger charge is -2.39. The molecule has 0 aliphatic heterocycles. The summed E-state index contributed by atoms with van der Waals surface area (Å²) >= 11 is 0. The molecular weight excluding hydrogens is 216 g/mol. The van der Waals surface area contributed by atoms with Crippen molar-refractivity contribution in [2.45, 2.75) is 31.1 Å². The summed E-state index contributed by atoms with van der Waals surface area (Å²) in [5, 5.41) is 9.02. The highest BCUT2D eigenvalue weighted by Gasteiger charge is 2.42. The van der Waals surface area contributed by atoms with E-state index in [1.165, 1.54) is 0 Å². The summed E-state index contributed by atoms with van der Waals surface area (Å²) in [4.78, 5) is 15.5. The summed E-state index contributed by atoms with van der Waals surface area (Å²) in [5.41, 5.74) is 1.59. The Morgan fingerprint density at radius 2 is 2.29 bits per heavy atom. The number of aromatic nitrogens is 2. The van der Waals surface area contributed by atoms with Crippen molar-refractivity contribution < 1.29 is 9.90 Å². The van der Waals surface area contributed by atoms with Crippen molar-refractivity contribution in [2.24, 2.45) is 0 Å². The van der Waals surface area contributed by atoms with Gasteiger partial charge in [-0.1, -0.05) is 12.5 Å². The first-order valence-electron chi connectivity index (χ1n) is 5.86. The predicted octanol–water partition coefficient (Wildman–Crippen LogP) is 2.23. The first-order valence-corrected chi connectivity index (χ1v) is 5.86. The molecule has 4 heteroatoms. The standard InChI is InChI=1S/C13H14N2O2/c16-12(17)8-13(5-3-6-13)10-9-15-7-2-1-4-11(15)14-10/h1-2,4,7,9H,3,5-6,8H2,(H,16,17). The lowest BCUT2D eigenvalue weighted by molar-refractivity contribution is -0.139. The number of imidazole rings is 1. The molecule has 0 amide bonds. The van der Waals surface area contributed by atoms with Crippen molar-refractivity contribution in [3.05, 3.63) is 36.3 Å². The van der Waals surface area contributed by atoms with Gasteiger partial charge in [0.25, 0.3) is 0 Å². The Bertz CT molecular complexity index is 537. The third-order valence-corrected chi connectivity index (χ3v) is 3.71. The molecule has 2 aromatic rings. The molecule has 3 rings (SSSR count). The lowest BCUT2D eigenvalue weighted by atomic mass is 9.65. The summed E-state index contributed by atoms with van der Waals surface area (Å²) in [6.07, 6.45) is 7.07. The van der Waals surface area contributed by atoms with Crippen molar-refractivity contribution in [3.8, 4) is 0 Å². The summed E-state index contributed by atoms with van der Waals surface area (Å²) in [6.45, 7) is 0. The highest BCUT2D eigenvalue weighted by Crippen LogP contribution is 2.45. The number of hydrogen-bond donors (Lipinski definition) is 1. The molecule has 0 aromatic carbocycles. The van der Waals surface area contributed by atoms with Crippen molar-refractivity contribution in [2.75, 3.05) is 0 Å². The Kier molecular flexibility index (Phi) is 2.18. The van der Waals surface area contributed by atoms with E-state index in [1.54, 1.807) is 0 Å². The van der Waals surface area contributed by atoms with Crippen LogP contribution >= 0.6 is 0 Å². The molecule has 0 unspecified atom stereocenters. The third-order valence-electron chi connectivity index (χ3n) is 3.71. The molecule has 1 aliphatic rings. The van der Waals surface area contributed by atoms with Gasteiger partial charge in [-0.25, -0.2) is 4.98 Å². The quantitative estimate of drug-likeness (QED) is 0.879. The van der Waals surface area contributed by atoms with E-state index in [4.69, 9.17) is 5.11 Å². The molecule has 1 aliphatic carbocycles. The SMILES string of the molecule is O=C(O)CC1(c2cn3ccccc3n2)CCC1. The van der Waals surface area contributed by atoms with E-state index in [1.807, 2.05) is 35.0 Å². The van der Waals surface area contributed by atoms with Gasteiger partial charge in [0.05, 0.1) is 12.1 Å². The fraction of sp³-hybridized carbons (Fsp3) is 0.385. The van der Waals surface area contributed by atoms with E-state index in [9.17, 15) is 4.79 Å². The zero-order valence-electron chi connectivity index (χ0n) is 9.47. The maximum Gasteiger partial charge on any atom is 0.304 e. The van der Waals surface area contributed by atoms with Crippen molar-refractivity contribution in [1.29, 1.82) is 0 Å². The Morgan fingerprint density at radius 1 is 1.47 bits per heavy atom. The minimum absolute atomic E-state index is 0.191. The van der Waals surface area contributed by atoms with Gasteiger partial charge in [0.2, 0.25) is 0 Å². The Balaban J connectivity index is 2.04. The molecular formula is C13H14N2O2. The van der Waals surface area contributed by atoms with E-state index in [-0.39, 0.29) is 11.8 Å². The van der Waals surface area contributed by atoms with Crippen molar-refractivity contribution in [3.63, 3.8) is 0 Å². The molecule has 88 valence electrons. The number of carboxylic acids is 1. The Morgan fingerprint density at radius 3 is 2.88 bits per heavy atom. The number of pyridine rings is 1. The smallest absolute Gasteiger partial charge is 0.304 e. The van der Waals surface area contributed by atoms with E-state index >= 15 is 0 Å². The van der Waals surface area contributed by atoms with Crippen LogP contribution in [0.1, 0.15) is 31.4 Å². The van der Waals surface area contributed by atoms with E-state index < -0.39 is 5.97 Å².